The van der Waals surface area contributed by atoms with Gasteiger partial charge < -0.3 is 14.6 Å². The van der Waals surface area contributed by atoms with E-state index in [-0.39, 0.29) is 37.2 Å². The number of piperidine rings is 1. The molecule has 3 heterocycles. The molecular formula is C22H17ClN4O5. The van der Waals surface area contributed by atoms with Crippen LogP contribution < -0.4 is 10.6 Å². The highest BCUT2D eigenvalue weighted by Crippen LogP contribution is 2.28. The predicted molar refractivity (Wildman–Crippen MR) is 113 cm³/mol. The van der Waals surface area contributed by atoms with Gasteiger partial charge in [-0.25, -0.2) is 4.98 Å². The van der Waals surface area contributed by atoms with Crippen LogP contribution in [0.15, 0.2) is 40.8 Å². The molecule has 0 radical (unpaired) electrons. The Morgan fingerprint density at radius 2 is 2.06 bits per heavy atom. The molecule has 0 spiro atoms. The van der Waals surface area contributed by atoms with E-state index in [1.807, 2.05) is 6.07 Å². The van der Waals surface area contributed by atoms with Crippen molar-refractivity contribution in [3.05, 3.63) is 64.0 Å². The highest BCUT2D eigenvalue weighted by atomic mass is 35.5. The molecule has 5 rings (SSSR count). The van der Waals surface area contributed by atoms with Crippen molar-refractivity contribution in [1.29, 1.82) is 0 Å². The zero-order valence-corrected chi connectivity index (χ0v) is 17.4. The van der Waals surface area contributed by atoms with E-state index in [1.165, 1.54) is 4.90 Å². The van der Waals surface area contributed by atoms with Gasteiger partial charge in [-0.3, -0.25) is 24.5 Å². The number of nitrogens with zero attached hydrogens (tertiary/aromatic N) is 2. The number of imide groups is 1. The van der Waals surface area contributed by atoms with Crippen LogP contribution in [0.3, 0.4) is 0 Å². The number of nitrogens with one attached hydrogen (secondary N) is 2. The van der Waals surface area contributed by atoms with Gasteiger partial charge in [-0.1, -0.05) is 23.7 Å². The molecular weight excluding hydrogens is 436 g/mol. The fourth-order valence-electron chi connectivity index (χ4n) is 3.99. The molecule has 1 fully saturated rings. The standard InChI is InChI=1S/C22H17ClN4O5/c23-13-2-4-15-17(8-13)32-21(25-15)20(30)24-9-11-1-3-14-12(7-11)10-27(22(14)31)16-5-6-18(28)26-19(16)29/h1-4,7-8,16H,5-6,9-10H2,(H,24,30)(H,26,28,29). The summed E-state index contributed by atoms with van der Waals surface area (Å²) in [4.78, 5) is 54.4. The summed E-state index contributed by atoms with van der Waals surface area (Å²) in [6, 6.07) is 9.52. The van der Waals surface area contributed by atoms with Crippen molar-refractivity contribution in [3.8, 4) is 0 Å². The van der Waals surface area contributed by atoms with Gasteiger partial charge in [-0.05, 0) is 35.7 Å². The third-order valence-electron chi connectivity index (χ3n) is 5.59. The van der Waals surface area contributed by atoms with Crippen LogP contribution in [-0.4, -0.2) is 39.6 Å². The number of rotatable bonds is 4. The number of halogens is 1. The Hall–Kier alpha value is -3.72. The van der Waals surface area contributed by atoms with Gasteiger partial charge in [0, 0.05) is 36.2 Å². The summed E-state index contributed by atoms with van der Waals surface area (Å²) in [5, 5.41) is 5.52. The molecule has 32 heavy (non-hydrogen) atoms. The van der Waals surface area contributed by atoms with Crippen molar-refractivity contribution >= 4 is 46.3 Å². The summed E-state index contributed by atoms with van der Waals surface area (Å²) in [7, 11) is 0. The Morgan fingerprint density at radius 3 is 2.88 bits per heavy atom. The van der Waals surface area contributed by atoms with Gasteiger partial charge in [-0.2, -0.15) is 0 Å². The summed E-state index contributed by atoms with van der Waals surface area (Å²) in [6.45, 7) is 0.478. The molecule has 1 aromatic heterocycles. The molecule has 162 valence electrons. The molecule has 9 nitrogen and oxygen atoms in total. The first-order valence-electron chi connectivity index (χ1n) is 10.00. The molecule has 10 heteroatoms. The van der Waals surface area contributed by atoms with Crippen molar-refractivity contribution in [1.82, 2.24) is 20.5 Å². The smallest absolute Gasteiger partial charge is 0.307 e. The van der Waals surface area contributed by atoms with Gasteiger partial charge in [0.25, 0.3) is 11.8 Å². The number of benzene rings is 2. The molecule has 2 aromatic carbocycles. The summed E-state index contributed by atoms with van der Waals surface area (Å²) in [6.07, 6.45) is 0.513. The average molecular weight is 453 g/mol. The van der Waals surface area contributed by atoms with Gasteiger partial charge in [0.2, 0.25) is 11.8 Å². The van der Waals surface area contributed by atoms with Gasteiger partial charge in [0.1, 0.15) is 11.6 Å². The molecule has 3 aromatic rings. The van der Waals surface area contributed by atoms with Crippen molar-refractivity contribution in [2.45, 2.75) is 32.0 Å². The number of carbonyl (C=O) groups excluding carboxylic acids is 4. The van der Waals surface area contributed by atoms with E-state index in [2.05, 4.69) is 15.6 Å². The molecule has 1 saturated heterocycles. The van der Waals surface area contributed by atoms with Crippen LogP contribution >= 0.6 is 11.6 Å². The SMILES string of the molecule is O=C1CCC(N2Cc3cc(CNC(=O)c4nc5ccc(Cl)cc5o4)ccc3C2=O)C(=O)N1. The number of oxazole rings is 1. The van der Waals surface area contributed by atoms with Gasteiger partial charge >= 0.3 is 5.91 Å². The Bertz CT molecular complexity index is 1300. The van der Waals surface area contributed by atoms with Crippen molar-refractivity contribution in [2.24, 2.45) is 0 Å². The molecule has 0 aliphatic carbocycles. The highest BCUT2D eigenvalue weighted by Gasteiger charge is 2.39. The lowest BCUT2D eigenvalue weighted by Gasteiger charge is -2.29. The fourth-order valence-corrected chi connectivity index (χ4v) is 4.15. The summed E-state index contributed by atoms with van der Waals surface area (Å²) in [5.41, 5.74) is 3.02. The van der Waals surface area contributed by atoms with Gasteiger partial charge in [-0.15, -0.1) is 0 Å². The third-order valence-corrected chi connectivity index (χ3v) is 5.82. The number of hydrogen-bond donors (Lipinski definition) is 2. The zero-order chi connectivity index (χ0) is 22.4. The fraction of sp³-hybridized carbons (Fsp3) is 0.227. The Balaban J connectivity index is 1.27. The lowest BCUT2D eigenvalue weighted by Crippen LogP contribution is -2.52. The number of amides is 4. The monoisotopic (exact) mass is 452 g/mol. The van der Waals surface area contributed by atoms with Crippen molar-refractivity contribution in [3.63, 3.8) is 0 Å². The van der Waals surface area contributed by atoms with E-state index < -0.39 is 17.9 Å². The largest absolute Gasteiger partial charge is 0.432 e. The van der Waals surface area contributed by atoms with Crippen LogP contribution in [0.25, 0.3) is 11.1 Å². The lowest BCUT2D eigenvalue weighted by molar-refractivity contribution is -0.136. The maximum Gasteiger partial charge on any atom is 0.307 e. The van der Waals surface area contributed by atoms with Crippen LogP contribution in [0, 0.1) is 0 Å². The van der Waals surface area contributed by atoms with Crippen LogP contribution in [0.5, 0.6) is 0 Å². The van der Waals surface area contributed by atoms with Crippen molar-refractivity contribution < 1.29 is 23.6 Å². The normalized spacial score (nSPS) is 18.1. The second kappa shape index (κ2) is 7.76. The quantitative estimate of drug-likeness (QED) is 0.585. The van der Waals surface area contributed by atoms with E-state index >= 15 is 0 Å². The first-order valence-corrected chi connectivity index (χ1v) is 10.4. The lowest BCUT2D eigenvalue weighted by atomic mass is 10.0. The predicted octanol–water partition coefficient (Wildman–Crippen LogP) is 2.17. The van der Waals surface area contributed by atoms with E-state index in [0.29, 0.717) is 28.1 Å². The topological polar surface area (TPSA) is 122 Å². The maximum atomic E-state index is 12.8. The summed E-state index contributed by atoms with van der Waals surface area (Å²) < 4.78 is 5.47. The molecule has 2 aliphatic rings. The summed E-state index contributed by atoms with van der Waals surface area (Å²) >= 11 is 5.93. The second-order valence-electron chi connectivity index (χ2n) is 7.71. The van der Waals surface area contributed by atoms with Gasteiger partial charge in [0.05, 0.1) is 0 Å². The van der Waals surface area contributed by atoms with Gasteiger partial charge in [0.15, 0.2) is 5.58 Å². The highest BCUT2D eigenvalue weighted by molar-refractivity contribution is 6.31. The zero-order valence-electron chi connectivity index (χ0n) is 16.7. The Morgan fingerprint density at radius 1 is 1.22 bits per heavy atom. The van der Waals surface area contributed by atoms with E-state index in [4.69, 9.17) is 16.0 Å². The Labute approximate surface area is 186 Å². The number of aromatic nitrogens is 1. The molecule has 2 aliphatic heterocycles. The third kappa shape index (κ3) is 3.60. The molecule has 1 unspecified atom stereocenters. The minimum absolute atomic E-state index is 0.0670. The molecule has 2 N–H and O–H groups in total. The minimum atomic E-state index is -0.664. The van der Waals surface area contributed by atoms with E-state index in [1.54, 1.807) is 30.3 Å². The molecule has 0 bridgehead atoms. The molecule has 1 atom stereocenters. The molecule has 4 amide bonds. The van der Waals surface area contributed by atoms with Crippen LogP contribution in [0.1, 0.15) is 45.0 Å². The second-order valence-corrected chi connectivity index (χ2v) is 8.14. The van der Waals surface area contributed by atoms with Crippen LogP contribution in [-0.2, 0) is 22.7 Å². The summed E-state index contributed by atoms with van der Waals surface area (Å²) in [5.74, 6) is -1.55. The van der Waals surface area contributed by atoms with Crippen LogP contribution in [0.4, 0.5) is 0 Å². The minimum Gasteiger partial charge on any atom is -0.432 e. The average Bonchev–Trinajstić information content (AvgIpc) is 3.33. The van der Waals surface area contributed by atoms with E-state index in [9.17, 15) is 19.2 Å². The first-order chi connectivity index (χ1) is 15.4. The molecule has 0 saturated carbocycles. The number of carbonyl (C=O) groups is 4. The van der Waals surface area contributed by atoms with Crippen molar-refractivity contribution in [2.75, 3.05) is 0 Å². The first kappa shape index (κ1) is 20.2. The van der Waals surface area contributed by atoms with E-state index in [0.717, 1.165) is 11.1 Å². The Kier molecular flexibility index (Phi) is 4.90. The number of hydrogen-bond acceptors (Lipinski definition) is 6. The van der Waals surface area contributed by atoms with Crippen LogP contribution in [0.2, 0.25) is 5.02 Å². The number of fused-ring (bicyclic) bond motifs is 2. The maximum absolute atomic E-state index is 12.8.